The minimum Gasteiger partial charge on any atom is -0.361 e. The summed E-state index contributed by atoms with van der Waals surface area (Å²) < 4.78 is 1.68. The van der Waals surface area contributed by atoms with Crippen molar-refractivity contribution in [2.75, 3.05) is 5.32 Å². The van der Waals surface area contributed by atoms with E-state index >= 15 is 0 Å². The van der Waals surface area contributed by atoms with Crippen LogP contribution in [0.1, 0.15) is 36.6 Å². The number of hydrogen-bond donors (Lipinski definition) is 1. The van der Waals surface area contributed by atoms with Gasteiger partial charge in [0.15, 0.2) is 5.82 Å². The predicted molar refractivity (Wildman–Crippen MR) is 79.9 cm³/mol. The zero-order chi connectivity index (χ0) is 13.8. The van der Waals surface area contributed by atoms with E-state index in [1.807, 2.05) is 13.8 Å². The second kappa shape index (κ2) is 6.02. The van der Waals surface area contributed by atoms with Gasteiger partial charge in [0.25, 0.3) is 5.56 Å². The van der Waals surface area contributed by atoms with Gasteiger partial charge in [-0.15, -0.1) is 11.3 Å². The first-order valence-electron chi connectivity index (χ1n) is 6.50. The molecule has 2 aromatic heterocycles. The van der Waals surface area contributed by atoms with E-state index < -0.39 is 0 Å². The van der Waals surface area contributed by atoms with Crippen LogP contribution in [0.25, 0.3) is 0 Å². The molecule has 102 valence electrons. The molecule has 0 bridgehead atoms. The standard InChI is InChI=1S/C14H19N3OS/c1-4-11-5-6-12(19-11)9-16-13-14(18)17(10(2)3)8-7-15-13/h5-8,10H,4,9H2,1-3H3,(H,15,16). The van der Waals surface area contributed by atoms with Crippen molar-refractivity contribution >= 4 is 17.2 Å². The van der Waals surface area contributed by atoms with E-state index in [1.165, 1.54) is 9.75 Å². The number of nitrogens with one attached hydrogen (secondary N) is 1. The summed E-state index contributed by atoms with van der Waals surface area (Å²) in [7, 11) is 0. The summed E-state index contributed by atoms with van der Waals surface area (Å²) in [6.45, 7) is 6.76. The summed E-state index contributed by atoms with van der Waals surface area (Å²) in [4.78, 5) is 18.8. The van der Waals surface area contributed by atoms with Crippen LogP contribution in [0.3, 0.4) is 0 Å². The Morgan fingerprint density at radius 2 is 2.11 bits per heavy atom. The molecule has 2 aromatic rings. The average Bonchev–Trinajstić information content (AvgIpc) is 2.85. The van der Waals surface area contributed by atoms with Gasteiger partial charge in [-0.1, -0.05) is 6.92 Å². The van der Waals surface area contributed by atoms with Crippen molar-refractivity contribution in [2.24, 2.45) is 0 Å². The lowest BCUT2D eigenvalue weighted by molar-refractivity contribution is 0.575. The highest BCUT2D eigenvalue weighted by Gasteiger charge is 2.07. The quantitative estimate of drug-likeness (QED) is 0.913. The van der Waals surface area contributed by atoms with E-state index in [0.717, 1.165) is 6.42 Å². The maximum atomic E-state index is 12.1. The molecular formula is C14H19N3OS. The molecule has 1 N–H and O–H groups in total. The van der Waals surface area contributed by atoms with E-state index in [0.29, 0.717) is 12.4 Å². The van der Waals surface area contributed by atoms with Gasteiger partial charge in [-0.3, -0.25) is 4.79 Å². The highest BCUT2D eigenvalue weighted by molar-refractivity contribution is 7.12. The van der Waals surface area contributed by atoms with Crippen molar-refractivity contribution in [3.63, 3.8) is 0 Å². The van der Waals surface area contributed by atoms with Crippen molar-refractivity contribution in [1.29, 1.82) is 0 Å². The van der Waals surface area contributed by atoms with Crippen molar-refractivity contribution in [1.82, 2.24) is 9.55 Å². The second-order valence-electron chi connectivity index (χ2n) is 4.66. The minimum absolute atomic E-state index is 0.0650. The molecule has 0 fully saturated rings. The lowest BCUT2D eigenvalue weighted by Crippen LogP contribution is -2.25. The van der Waals surface area contributed by atoms with Crippen LogP contribution >= 0.6 is 11.3 Å². The number of anilines is 1. The summed E-state index contributed by atoms with van der Waals surface area (Å²) in [6.07, 6.45) is 4.43. The Labute approximate surface area is 117 Å². The van der Waals surface area contributed by atoms with Crippen LogP contribution in [0.5, 0.6) is 0 Å². The summed E-state index contributed by atoms with van der Waals surface area (Å²) in [5.41, 5.74) is -0.0650. The normalized spacial score (nSPS) is 10.9. The number of aromatic nitrogens is 2. The third-order valence-corrected chi connectivity index (χ3v) is 4.15. The largest absolute Gasteiger partial charge is 0.361 e. The van der Waals surface area contributed by atoms with Gasteiger partial charge >= 0.3 is 0 Å². The van der Waals surface area contributed by atoms with Gasteiger partial charge in [-0.25, -0.2) is 4.98 Å². The summed E-state index contributed by atoms with van der Waals surface area (Å²) in [5.74, 6) is 0.419. The third-order valence-electron chi connectivity index (χ3n) is 2.92. The van der Waals surface area contributed by atoms with Gasteiger partial charge in [-0.05, 0) is 32.4 Å². The summed E-state index contributed by atoms with van der Waals surface area (Å²) >= 11 is 1.77. The Bertz CT molecular complexity index is 601. The minimum atomic E-state index is -0.0650. The Morgan fingerprint density at radius 1 is 1.37 bits per heavy atom. The van der Waals surface area contributed by atoms with Gasteiger partial charge in [0, 0.05) is 28.2 Å². The van der Waals surface area contributed by atoms with Gasteiger partial charge in [0.05, 0.1) is 6.54 Å². The number of nitrogens with zero attached hydrogens (tertiary/aromatic N) is 2. The smallest absolute Gasteiger partial charge is 0.293 e. The molecule has 0 saturated heterocycles. The van der Waals surface area contributed by atoms with Crippen LogP contribution in [0.4, 0.5) is 5.82 Å². The molecule has 2 rings (SSSR count). The third kappa shape index (κ3) is 3.23. The van der Waals surface area contributed by atoms with Crippen LogP contribution in [-0.4, -0.2) is 9.55 Å². The zero-order valence-corrected chi connectivity index (χ0v) is 12.3. The Hall–Kier alpha value is -1.62. The monoisotopic (exact) mass is 277 g/mol. The fraction of sp³-hybridized carbons (Fsp3) is 0.429. The number of rotatable bonds is 5. The second-order valence-corrected chi connectivity index (χ2v) is 5.91. The van der Waals surface area contributed by atoms with Crippen LogP contribution in [-0.2, 0) is 13.0 Å². The van der Waals surface area contributed by atoms with Gasteiger partial charge in [0.2, 0.25) is 0 Å². The van der Waals surface area contributed by atoms with Crippen molar-refractivity contribution < 1.29 is 0 Å². The lowest BCUT2D eigenvalue weighted by Gasteiger charge is -2.11. The number of aryl methyl sites for hydroxylation is 1. The van der Waals surface area contributed by atoms with E-state index in [-0.39, 0.29) is 11.6 Å². The molecule has 0 amide bonds. The molecule has 0 aliphatic carbocycles. The van der Waals surface area contributed by atoms with Gasteiger partial charge in [-0.2, -0.15) is 0 Å². The molecule has 19 heavy (non-hydrogen) atoms. The Kier molecular flexibility index (Phi) is 4.37. The molecule has 0 aliphatic heterocycles. The van der Waals surface area contributed by atoms with E-state index in [2.05, 4.69) is 29.4 Å². The molecule has 0 spiro atoms. The first-order chi connectivity index (χ1) is 9.11. The first kappa shape index (κ1) is 13.8. The summed E-state index contributed by atoms with van der Waals surface area (Å²) in [6, 6.07) is 4.37. The van der Waals surface area contributed by atoms with E-state index in [9.17, 15) is 4.79 Å². The van der Waals surface area contributed by atoms with E-state index in [1.54, 1.807) is 28.3 Å². The SMILES string of the molecule is CCc1ccc(CNc2nccn(C(C)C)c2=O)s1. The predicted octanol–water partition coefficient (Wildman–Crippen LogP) is 3.06. The first-order valence-corrected chi connectivity index (χ1v) is 7.32. The van der Waals surface area contributed by atoms with Crippen molar-refractivity contribution in [2.45, 2.75) is 39.8 Å². The number of thiophene rings is 1. The molecule has 4 nitrogen and oxygen atoms in total. The van der Waals surface area contributed by atoms with Crippen LogP contribution < -0.4 is 10.9 Å². The zero-order valence-electron chi connectivity index (χ0n) is 11.5. The summed E-state index contributed by atoms with van der Waals surface area (Å²) in [5, 5.41) is 3.13. The van der Waals surface area contributed by atoms with Crippen molar-refractivity contribution in [3.05, 3.63) is 44.6 Å². The average molecular weight is 277 g/mol. The fourth-order valence-corrected chi connectivity index (χ4v) is 2.73. The molecular weight excluding hydrogens is 258 g/mol. The fourth-order valence-electron chi connectivity index (χ4n) is 1.83. The molecule has 0 atom stereocenters. The molecule has 0 unspecified atom stereocenters. The van der Waals surface area contributed by atoms with E-state index in [4.69, 9.17) is 0 Å². The van der Waals surface area contributed by atoms with Crippen LogP contribution in [0, 0.1) is 0 Å². The Morgan fingerprint density at radius 3 is 2.74 bits per heavy atom. The highest BCUT2D eigenvalue weighted by Crippen LogP contribution is 2.17. The van der Waals surface area contributed by atoms with Crippen LogP contribution in [0.2, 0.25) is 0 Å². The molecule has 5 heteroatoms. The topological polar surface area (TPSA) is 46.9 Å². The van der Waals surface area contributed by atoms with Crippen molar-refractivity contribution in [3.8, 4) is 0 Å². The molecule has 0 aromatic carbocycles. The maximum absolute atomic E-state index is 12.1. The Balaban J connectivity index is 2.11. The van der Waals surface area contributed by atoms with Gasteiger partial charge < -0.3 is 9.88 Å². The molecule has 0 radical (unpaired) electrons. The molecule has 0 saturated carbocycles. The maximum Gasteiger partial charge on any atom is 0.293 e. The lowest BCUT2D eigenvalue weighted by atomic mass is 10.3. The number of hydrogen-bond acceptors (Lipinski definition) is 4. The molecule has 2 heterocycles. The highest BCUT2D eigenvalue weighted by atomic mass is 32.1. The van der Waals surface area contributed by atoms with Crippen LogP contribution in [0.15, 0.2) is 29.3 Å². The molecule has 0 aliphatic rings. The van der Waals surface area contributed by atoms with Gasteiger partial charge in [0.1, 0.15) is 0 Å².